The largest absolute Gasteiger partial charge is 0.396 e. The molecule has 6 nitrogen and oxygen atoms in total. The van der Waals surface area contributed by atoms with Crippen LogP contribution in [-0.4, -0.2) is 51.6 Å². The van der Waals surface area contributed by atoms with Crippen LogP contribution < -0.4 is 5.32 Å². The molecule has 1 heterocycles. The van der Waals surface area contributed by atoms with Gasteiger partial charge >= 0.3 is 0 Å². The molecule has 1 amide bonds. The summed E-state index contributed by atoms with van der Waals surface area (Å²) in [5.74, 6) is 0.613. The molecule has 0 aromatic carbocycles. The van der Waals surface area contributed by atoms with Crippen LogP contribution in [-0.2, 0) is 0 Å². The Morgan fingerprint density at radius 1 is 1.43 bits per heavy atom. The number of hydrogen-bond acceptors (Lipinski definition) is 5. The van der Waals surface area contributed by atoms with Crippen molar-refractivity contribution in [3.05, 3.63) is 18.1 Å². The van der Waals surface area contributed by atoms with Crippen molar-refractivity contribution in [3.8, 4) is 0 Å². The van der Waals surface area contributed by atoms with Crippen molar-refractivity contribution in [2.45, 2.75) is 45.1 Å². The average molecular weight is 292 g/mol. The molecule has 6 heteroatoms. The van der Waals surface area contributed by atoms with Gasteiger partial charge in [-0.05, 0) is 32.1 Å². The summed E-state index contributed by atoms with van der Waals surface area (Å²) < 4.78 is 0. The number of carbonyl (C=O) groups is 1. The molecule has 1 aromatic heterocycles. The van der Waals surface area contributed by atoms with Crippen molar-refractivity contribution in [2.24, 2.45) is 0 Å². The molecule has 1 aliphatic rings. The number of nitrogens with one attached hydrogen (secondary N) is 1. The second kappa shape index (κ2) is 7.93. The van der Waals surface area contributed by atoms with E-state index in [1.165, 1.54) is 12.6 Å². The first-order valence-corrected chi connectivity index (χ1v) is 7.74. The molecule has 0 saturated heterocycles. The van der Waals surface area contributed by atoms with Crippen LogP contribution in [0.15, 0.2) is 12.4 Å². The van der Waals surface area contributed by atoms with E-state index in [-0.39, 0.29) is 12.5 Å². The van der Waals surface area contributed by atoms with E-state index >= 15 is 0 Å². The van der Waals surface area contributed by atoms with E-state index < -0.39 is 0 Å². The van der Waals surface area contributed by atoms with Gasteiger partial charge in [-0.2, -0.15) is 0 Å². The maximum atomic E-state index is 12.5. The molecule has 116 valence electrons. The van der Waals surface area contributed by atoms with E-state index in [9.17, 15) is 4.79 Å². The third-order valence-electron chi connectivity index (χ3n) is 3.76. The molecule has 0 atom stereocenters. The van der Waals surface area contributed by atoms with E-state index in [4.69, 9.17) is 5.11 Å². The smallest absolute Gasteiger partial charge is 0.274 e. The predicted octanol–water partition coefficient (Wildman–Crippen LogP) is 1.68. The van der Waals surface area contributed by atoms with Gasteiger partial charge in [0, 0.05) is 25.7 Å². The van der Waals surface area contributed by atoms with Gasteiger partial charge in [0.05, 0.1) is 12.4 Å². The lowest BCUT2D eigenvalue weighted by Gasteiger charge is -2.37. The first kappa shape index (κ1) is 15.7. The van der Waals surface area contributed by atoms with Crippen LogP contribution >= 0.6 is 0 Å². The topological polar surface area (TPSA) is 78.4 Å². The Bertz CT molecular complexity index is 445. The van der Waals surface area contributed by atoms with Crippen LogP contribution in [0.3, 0.4) is 0 Å². The van der Waals surface area contributed by atoms with E-state index in [2.05, 4.69) is 22.2 Å². The molecule has 0 unspecified atom stereocenters. The van der Waals surface area contributed by atoms with Crippen molar-refractivity contribution >= 4 is 11.7 Å². The third kappa shape index (κ3) is 4.14. The molecule has 1 fully saturated rings. The minimum atomic E-state index is -0.0808. The van der Waals surface area contributed by atoms with Gasteiger partial charge in [0.1, 0.15) is 11.5 Å². The summed E-state index contributed by atoms with van der Waals surface area (Å²) in [5.41, 5.74) is 0.377. The van der Waals surface area contributed by atoms with Crippen molar-refractivity contribution in [1.29, 1.82) is 0 Å². The van der Waals surface area contributed by atoms with Gasteiger partial charge in [0.2, 0.25) is 0 Å². The second-order valence-electron chi connectivity index (χ2n) is 5.37. The molecule has 2 rings (SSSR count). The van der Waals surface area contributed by atoms with Crippen LogP contribution in [0.1, 0.15) is 49.5 Å². The molecular formula is C15H24N4O2. The Kier molecular flexibility index (Phi) is 5.92. The first-order valence-electron chi connectivity index (χ1n) is 7.74. The minimum absolute atomic E-state index is 0.0808. The molecule has 0 radical (unpaired) electrons. The number of aliphatic hydroxyl groups excluding tert-OH is 1. The molecule has 0 bridgehead atoms. The standard InChI is InChI=1S/C15H24N4O2/c1-2-7-16-14-11-17-13(10-18-14)15(21)19(8-4-9-20)12-5-3-6-12/h10-12,20H,2-9H2,1H3,(H,16,18). The number of carbonyl (C=O) groups excluding carboxylic acids is 1. The van der Waals surface area contributed by atoms with Crippen molar-refractivity contribution in [2.75, 3.05) is 25.0 Å². The fraction of sp³-hybridized carbons (Fsp3) is 0.667. The highest BCUT2D eigenvalue weighted by molar-refractivity contribution is 5.92. The predicted molar refractivity (Wildman–Crippen MR) is 81.2 cm³/mol. The number of rotatable bonds is 8. The fourth-order valence-electron chi connectivity index (χ4n) is 2.32. The van der Waals surface area contributed by atoms with E-state index in [0.717, 1.165) is 25.8 Å². The summed E-state index contributed by atoms with van der Waals surface area (Å²) in [6, 6.07) is 0.295. The van der Waals surface area contributed by atoms with Crippen molar-refractivity contribution in [3.63, 3.8) is 0 Å². The third-order valence-corrected chi connectivity index (χ3v) is 3.76. The van der Waals surface area contributed by atoms with Crippen LogP contribution in [0.25, 0.3) is 0 Å². The molecule has 1 aliphatic carbocycles. The van der Waals surface area contributed by atoms with E-state index in [1.54, 1.807) is 6.20 Å². The molecule has 1 saturated carbocycles. The van der Waals surface area contributed by atoms with Gasteiger partial charge in [0.25, 0.3) is 5.91 Å². The van der Waals surface area contributed by atoms with Gasteiger partial charge in [-0.15, -0.1) is 0 Å². The minimum Gasteiger partial charge on any atom is -0.396 e. The molecular weight excluding hydrogens is 268 g/mol. The summed E-state index contributed by atoms with van der Waals surface area (Å²) in [6.45, 7) is 3.60. The molecule has 1 aromatic rings. The molecule has 0 spiro atoms. The number of hydrogen-bond donors (Lipinski definition) is 2. The Morgan fingerprint density at radius 3 is 2.76 bits per heavy atom. The lowest BCUT2D eigenvalue weighted by atomic mass is 9.91. The van der Waals surface area contributed by atoms with Gasteiger partial charge in [-0.3, -0.25) is 4.79 Å². The lowest BCUT2D eigenvalue weighted by Crippen LogP contribution is -2.45. The van der Waals surface area contributed by atoms with Crippen LogP contribution in [0.5, 0.6) is 0 Å². The summed E-state index contributed by atoms with van der Waals surface area (Å²) in [7, 11) is 0. The van der Waals surface area contributed by atoms with Crippen LogP contribution in [0, 0.1) is 0 Å². The highest BCUT2D eigenvalue weighted by Gasteiger charge is 2.29. The average Bonchev–Trinajstić information content (AvgIpc) is 2.47. The number of aliphatic hydroxyl groups is 1. The first-order chi connectivity index (χ1) is 10.3. The highest BCUT2D eigenvalue weighted by atomic mass is 16.3. The van der Waals surface area contributed by atoms with Gasteiger partial charge in [0.15, 0.2) is 0 Å². The normalized spacial score (nSPS) is 14.6. The SMILES string of the molecule is CCCNc1cnc(C(=O)N(CCCO)C2CCC2)cn1. The Hall–Kier alpha value is -1.69. The van der Waals surface area contributed by atoms with Crippen LogP contribution in [0.4, 0.5) is 5.82 Å². The van der Waals surface area contributed by atoms with Gasteiger partial charge < -0.3 is 15.3 Å². The van der Waals surface area contributed by atoms with Crippen LogP contribution in [0.2, 0.25) is 0 Å². The summed E-state index contributed by atoms with van der Waals surface area (Å²) in [6.07, 6.45) is 8.00. The van der Waals surface area contributed by atoms with Gasteiger partial charge in [-0.25, -0.2) is 9.97 Å². The van der Waals surface area contributed by atoms with Gasteiger partial charge in [-0.1, -0.05) is 6.92 Å². The maximum Gasteiger partial charge on any atom is 0.274 e. The summed E-state index contributed by atoms with van der Waals surface area (Å²) >= 11 is 0. The number of anilines is 1. The quantitative estimate of drug-likeness (QED) is 0.762. The molecule has 2 N–H and O–H groups in total. The van der Waals surface area contributed by atoms with E-state index in [0.29, 0.717) is 30.5 Å². The van der Waals surface area contributed by atoms with Crippen molar-refractivity contribution < 1.29 is 9.90 Å². The highest BCUT2D eigenvalue weighted by Crippen LogP contribution is 2.26. The number of aromatic nitrogens is 2. The fourth-order valence-corrected chi connectivity index (χ4v) is 2.32. The zero-order valence-electron chi connectivity index (χ0n) is 12.6. The Morgan fingerprint density at radius 2 is 2.24 bits per heavy atom. The zero-order chi connectivity index (χ0) is 15.1. The number of nitrogens with zero attached hydrogens (tertiary/aromatic N) is 3. The second-order valence-corrected chi connectivity index (χ2v) is 5.37. The molecule has 0 aliphatic heterocycles. The summed E-state index contributed by atoms with van der Waals surface area (Å²) in [5, 5.41) is 12.1. The molecule has 21 heavy (non-hydrogen) atoms. The summed E-state index contributed by atoms with van der Waals surface area (Å²) in [4.78, 5) is 22.8. The van der Waals surface area contributed by atoms with E-state index in [1.807, 2.05) is 4.90 Å². The number of amides is 1. The van der Waals surface area contributed by atoms with Crippen molar-refractivity contribution in [1.82, 2.24) is 14.9 Å². The monoisotopic (exact) mass is 292 g/mol. The Balaban J connectivity index is 2.01. The lowest BCUT2D eigenvalue weighted by molar-refractivity contribution is 0.0556. The zero-order valence-corrected chi connectivity index (χ0v) is 12.6. The Labute approximate surface area is 125 Å². The maximum absolute atomic E-state index is 12.5.